The van der Waals surface area contributed by atoms with Crippen molar-refractivity contribution in [3.8, 4) is 0 Å². The van der Waals surface area contributed by atoms with Crippen molar-refractivity contribution in [2.24, 2.45) is 0 Å². The van der Waals surface area contributed by atoms with Gasteiger partial charge in [0.2, 0.25) is 0 Å². The number of aromatic nitrogens is 1. The number of carbonyl (C=O) groups is 1. The second-order valence-corrected chi connectivity index (χ2v) is 4.94. The van der Waals surface area contributed by atoms with Crippen LogP contribution in [-0.4, -0.2) is 28.4 Å². The molecule has 0 aromatic carbocycles. The van der Waals surface area contributed by atoms with Crippen molar-refractivity contribution >= 4 is 6.09 Å². The molecule has 100 valence electrons. The normalized spacial score (nSPS) is 11.1. The summed E-state index contributed by atoms with van der Waals surface area (Å²) in [5.74, 6) is 0. The molecule has 1 rings (SSSR count). The van der Waals surface area contributed by atoms with E-state index in [1.165, 1.54) is 0 Å². The van der Waals surface area contributed by atoms with Crippen LogP contribution in [0.1, 0.15) is 32.0 Å². The first kappa shape index (κ1) is 14.4. The van der Waals surface area contributed by atoms with Crippen LogP contribution in [0, 0.1) is 0 Å². The van der Waals surface area contributed by atoms with E-state index in [9.17, 15) is 4.79 Å². The Balaban J connectivity index is 2.55. The number of pyridine rings is 1. The molecule has 5 heteroatoms. The third-order valence-corrected chi connectivity index (χ3v) is 2.16. The number of nitrogens with zero attached hydrogens (tertiary/aromatic N) is 1. The van der Waals surface area contributed by atoms with Crippen molar-refractivity contribution < 1.29 is 14.6 Å². The number of carbonyl (C=O) groups excluding carboxylic acids is 1. The molecule has 1 heterocycles. The van der Waals surface area contributed by atoms with Crippen LogP contribution in [0.5, 0.6) is 0 Å². The molecule has 0 spiro atoms. The van der Waals surface area contributed by atoms with Crippen molar-refractivity contribution in [1.82, 2.24) is 10.3 Å². The lowest BCUT2D eigenvalue weighted by Gasteiger charge is -2.19. The van der Waals surface area contributed by atoms with Gasteiger partial charge in [0.1, 0.15) is 5.60 Å². The van der Waals surface area contributed by atoms with Crippen LogP contribution in [0.2, 0.25) is 0 Å². The van der Waals surface area contributed by atoms with Gasteiger partial charge in [-0.1, -0.05) is 6.07 Å². The number of hydrogen-bond donors (Lipinski definition) is 2. The highest BCUT2D eigenvalue weighted by Gasteiger charge is 2.16. The first-order valence-electron chi connectivity index (χ1n) is 5.93. The summed E-state index contributed by atoms with van der Waals surface area (Å²) in [6.45, 7) is 5.79. The Morgan fingerprint density at radius 1 is 1.50 bits per heavy atom. The molecule has 1 aromatic rings. The average Bonchev–Trinajstić information content (AvgIpc) is 2.26. The Bertz CT molecular complexity index is 399. The Morgan fingerprint density at radius 2 is 2.22 bits per heavy atom. The van der Waals surface area contributed by atoms with Crippen LogP contribution in [0.3, 0.4) is 0 Å². The predicted molar refractivity (Wildman–Crippen MR) is 68.1 cm³/mol. The minimum atomic E-state index is -0.512. The number of amides is 1. The summed E-state index contributed by atoms with van der Waals surface area (Å²) < 4.78 is 5.13. The lowest BCUT2D eigenvalue weighted by molar-refractivity contribution is 0.0523. The van der Waals surface area contributed by atoms with Crippen molar-refractivity contribution in [3.05, 3.63) is 29.6 Å². The van der Waals surface area contributed by atoms with Crippen LogP contribution in [0.25, 0.3) is 0 Å². The van der Waals surface area contributed by atoms with Crippen molar-refractivity contribution in [2.75, 3.05) is 6.61 Å². The summed E-state index contributed by atoms with van der Waals surface area (Å²) in [5, 5.41) is 11.6. The number of aliphatic hydroxyl groups excluding tert-OH is 1. The van der Waals surface area contributed by atoms with E-state index >= 15 is 0 Å². The smallest absolute Gasteiger partial charge is 0.407 e. The molecule has 0 unspecified atom stereocenters. The van der Waals surface area contributed by atoms with Crippen molar-refractivity contribution in [2.45, 2.75) is 39.3 Å². The SMILES string of the molecule is CC(C)(C)OC(=O)NCc1ncccc1CCO. The standard InChI is InChI=1S/C13H20N2O3/c1-13(2,3)18-12(17)15-9-11-10(6-8-16)5-4-7-14-11/h4-5,7,16H,6,8-9H2,1-3H3,(H,15,17). The lowest BCUT2D eigenvalue weighted by Crippen LogP contribution is -2.32. The first-order chi connectivity index (χ1) is 8.42. The van der Waals surface area contributed by atoms with Gasteiger partial charge in [-0.2, -0.15) is 0 Å². The van der Waals surface area contributed by atoms with Crippen molar-refractivity contribution in [1.29, 1.82) is 0 Å². The average molecular weight is 252 g/mol. The molecule has 0 atom stereocenters. The summed E-state index contributed by atoms with van der Waals surface area (Å²) in [6.07, 6.45) is 1.72. The summed E-state index contributed by atoms with van der Waals surface area (Å²) >= 11 is 0. The van der Waals surface area contributed by atoms with Gasteiger partial charge >= 0.3 is 6.09 Å². The highest BCUT2D eigenvalue weighted by atomic mass is 16.6. The van der Waals surface area contributed by atoms with Gasteiger partial charge in [-0.3, -0.25) is 4.98 Å². The molecule has 1 aromatic heterocycles. The maximum absolute atomic E-state index is 11.5. The first-order valence-corrected chi connectivity index (χ1v) is 5.93. The van der Waals surface area contributed by atoms with E-state index in [0.29, 0.717) is 13.0 Å². The van der Waals surface area contributed by atoms with Gasteiger partial charge in [-0.15, -0.1) is 0 Å². The zero-order valence-corrected chi connectivity index (χ0v) is 11.1. The molecule has 0 radical (unpaired) electrons. The molecular weight excluding hydrogens is 232 g/mol. The van der Waals surface area contributed by atoms with E-state index in [1.54, 1.807) is 6.20 Å². The Morgan fingerprint density at radius 3 is 2.83 bits per heavy atom. The summed E-state index contributed by atoms with van der Waals surface area (Å²) in [5.41, 5.74) is 1.16. The second-order valence-electron chi connectivity index (χ2n) is 4.94. The number of hydrogen-bond acceptors (Lipinski definition) is 4. The quantitative estimate of drug-likeness (QED) is 0.854. The second kappa shape index (κ2) is 6.35. The van der Waals surface area contributed by atoms with Gasteiger partial charge in [0.05, 0.1) is 12.2 Å². The number of alkyl carbamates (subject to hydrolysis) is 1. The molecule has 2 N–H and O–H groups in total. The fourth-order valence-electron chi connectivity index (χ4n) is 1.45. The minimum absolute atomic E-state index is 0.0606. The van der Waals surface area contributed by atoms with Crippen LogP contribution in [0.4, 0.5) is 4.79 Å². The van der Waals surface area contributed by atoms with E-state index in [-0.39, 0.29) is 6.61 Å². The van der Waals surface area contributed by atoms with Crippen LogP contribution in [0.15, 0.2) is 18.3 Å². The van der Waals surface area contributed by atoms with E-state index in [0.717, 1.165) is 11.3 Å². The molecule has 18 heavy (non-hydrogen) atoms. The van der Waals surface area contributed by atoms with Crippen LogP contribution >= 0.6 is 0 Å². The molecular formula is C13H20N2O3. The van der Waals surface area contributed by atoms with Crippen LogP contribution < -0.4 is 5.32 Å². The van der Waals surface area contributed by atoms with E-state index < -0.39 is 11.7 Å². The van der Waals surface area contributed by atoms with E-state index in [4.69, 9.17) is 9.84 Å². The zero-order chi connectivity index (χ0) is 13.6. The predicted octanol–water partition coefficient (Wildman–Crippen LogP) is 1.64. The monoisotopic (exact) mass is 252 g/mol. The topological polar surface area (TPSA) is 71.5 Å². The molecule has 0 aliphatic carbocycles. The third-order valence-electron chi connectivity index (χ3n) is 2.16. The number of ether oxygens (including phenoxy) is 1. The molecule has 0 aliphatic heterocycles. The molecule has 0 aliphatic rings. The molecule has 0 saturated heterocycles. The summed E-state index contributed by atoms with van der Waals surface area (Å²) in [4.78, 5) is 15.7. The number of nitrogens with one attached hydrogen (secondary N) is 1. The molecule has 5 nitrogen and oxygen atoms in total. The highest BCUT2D eigenvalue weighted by Crippen LogP contribution is 2.08. The molecule has 0 bridgehead atoms. The van der Waals surface area contributed by atoms with Crippen LogP contribution in [-0.2, 0) is 17.7 Å². The molecule has 0 fully saturated rings. The van der Waals surface area contributed by atoms with Gasteiger partial charge in [-0.05, 0) is 38.8 Å². The lowest BCUT2D eigenvalue weighted by atomic mass is 10.1. The Labute approximate surface area is 107 Å². The number of aliphatic hydroxyl groups is 1. The van der Waals surface area contributed by atoms with Gasteiger partial charge in [0, 0.05) is 12.8 Å². The minimum Gasteiger partial charge on any atom is -0.444 e. The Kier molecular flexibility index (Phi) is 5.09. The van der Waals surface area contributed by atoms with E-state index in [1.807, 2.05) is 32.9 Å². The fourth-order valence-corrected chi connectivity index (χ4v) is 1.45. The summed E-state index contributed by atoms with van der Waals surface area (Å²) in [6, 6.07) is 3.69. The fraction of sp³-hybridized carbons (Fsp3) is 0.538. The third kappa shape index (κ3) is 5.14. The maximum atomic E-state index is 11.5. The van der Waals surface area contributed by atoms with Gasteiger partial charge in [0.15, 0.2) is 0 Å². The van der Waals surface area contributed by atoms with Crippen molar-refractivity contribution in [3.63, 3.8) is 0 Å². The van der Waals surface area contributed by atoms with Gasteiger partial charge in [0.25, 0.3) is 0 Å². The Hall–Kier alpha value is -1.62. The molecule has 0 saturated carbocycles. The zero-order valence-electron chi connectivity index (χ0n) is 11.1. The van der Waals surface area contributed by atoms with Gasteiger partial charge in [-0.25, -0.2) is 4.79 Å². The summed E-state index contributed by atoms with van der Waals surface area (Å²) in [7, 11) is 0. The van der Waals surface area contributed by atoms with Gasteiger partial charge < -0.3 is 15.2 Å². The largest absolute Gasteiger partial charge is 0.444 e. The molecule has 1 amide bonds. The number of rotatable bonds is 4. The maximum Gasteiger partial charge on any atom is 0.407 e. The highest BCUT2D eigenvalue weighted by molar-refractivity contribution is 5.67. The van der Waals surface area contributed by atoms with E-state index in [2.05, 4.69) is 10.3 Å².